The summed E-state index contributed by atoms with van der Waals surface area (Å²) < 4.78 is 44.6. The number of aryl methyl sites for hydroxylation is 1. The quantitative estimate of drug-likeness (QED) is 0.854. The summed E-state index contributed by atoms with van der Waals surface area (Å²) in [6.45, 7) is 1.27. The Morgan fingerprint density at radius 1 is 1.52 bits per heavy atom. The fourth-order valence-corrected chi connectivity index (χ4v) is 4.19. The molecule has 0 saturated carbocycles. The van der Waals surface area contributed by atoms with Gasteiger partial charge in [0.15, 0.2) is 6.10 Å². The van der Waals surface area contributed by atoms with Crippen LogP contribution in [0.2, 0.25) is 0 Å². The summed E-state index contributed by atoms with van der Waals surface area (Å²) in [4.78, 5) is 10.9. The first kappa shape index (κ1) is 16.3. The third-order valence-electron chi connectivity index (χ3n) is 3.14. The van der Waals surface area contributed by atoms with Gasteiger partial charge in [-0.2, -0.15) is 4.31 Å². The average Bonchev–Trinajstić information content (AvgIpc) is 2.42. The first-order valence-corrected chi connectivity index (χ1v) is 8.27. The lowest BCUT2D eigenvalue weighted by Gasteiger charge is -2.30. The van der Waals surface area contributed by atoms with Gasteiger partial charge in [0.05, 0.1) is 22.5 Å². The van der Waals surface area contributed by atoms with Crippen molar-refractivity contribution in [3.8, 4) is 0 Å². The molecule has 1 saturated heterocycles. The number of ether oxygens (including phenoxy) is 1. The van der Waals surface area contributed by atoms with E-state index in [1.165, 1.54) is 13.0 Å². The molecule has 6 nitrogen and oxygen atoms in total. The third-order valence-corrected chi connectivity index (χ3v) is 5.76. The lowest BCUT2D eigenvalue weighted by molar-refractivity contribution is -0.153. The second-order valence-corrected chi connectivity index (χ2v) is 7.35. The van der Waals surface area contributed by atoms with E-state index in [1.807, 2.05) is 0 Å². The van der Waals surface area contributed by atoms with Gasteiger partial charge in [-0.1, -0.05) is 0 Å². The highest BCUT2D eigenvalue weighted by Crippen LogP contribution is 2.27. The molecule has 0 radical (unpaired) electrons. The largest absolute Gasteiger partial charge is 0.479 e. The second kappa shape index (κ2) is 5.99. The van der Waals surface area contributed by atoms with Crippen LogP contribution in [-0.4, -0.2) is 49.6 Å². The van der Waals surface area contributed by atoms with Crippen LogP contribution in [0.1, 0.15) is 5.56 Å². The number of nitrogens with zero attached hydrogens (tertiary/aromatic N) is 1. The SMILES string of the molecule is Cc1cc(F)c(Br)cc1S(=O)(=O)N1CCOC(C(=O)O)C1. The molecule has 1 heterocycles. The summed E-state index contributed by atoms with van der Waals surface area (Å²) in [5.74, 6) is -1.77. The van der Waals surface area contributed by atoms with Gasteiger partial charge in [-0.25, -0.2) is 17.6 Å². The Hall–Kier alpha value is -1.03. The Kier molecular flexibility index (Phi) is 4.66. The fourth-order valence-electron chi connectivity index (χ4n) is 2.04. The normalized spacial score (nSPS) is 20.4. The van der Waals surface area contributed by atoms with Gasteiger partial charge in [0.1, 0.15) is 5.82 Å². The molecule has 0 aromatic heterocycles. The van der Waals surface area contributed by atoms with E-state index in [0.29, 0.717) is 0 Å². The van der Waals surface area contributed by atoms with Gasteiger partial charge in [0.25, 0.3) is 0 Å². The summed E-state index contributed by atoms with van der Waals surface area (Å²) >= 11 is 2.96. The van der Waals surface area contributed by atoms with Crippen LogP contribution < -0.4 is 0 Å². The van der Waals surface area contributed by atoms with Crippen molar-refractivity contribution in [3.63, 3.8) is 0 Å². The first-order valence-electron chi connectivity index (χ1n) is 6.03. The van der Waals surface area contributed by atoms with E-state index in [0.717, 1.165) is 10.4 Å². The van der Waals surface area contributed by atoms with Crippen LogP contribution in [0.3, 0.4) is 0 Å². The van der Waals surface area contributed by atoms with Crippen LogP contribution in [0.5, 0.6) is 0 Å². The lowest BCUT2D eigenvalue weighted by atomic mass is 10.2. The molecule has 1 fully saturated rings. The van der Waals surface area contributed by atoms with Crippen molar-refractivity contribution in [3.05, 3.63) is 28.0 Å². The minimum absolute atomic E-state index is 0.00237. The topological polar surface area (TPSA) is 83.9 Å². The Morgan fingerprint density at radius 3 is 2.81 bits per heavy atom. The number of carbonyl (C=O) groups is 1. The van der Waals surface area contributed by atoms with Gasteiger partial charge in [0, 0.05) is 6.54 Å². The number of morpholine rings is 1. The zero-order chi connectivity index (χ0) is 15.8. The van der Waals surface area contributed by atoms with Crippen LogP contribution >= 0.6 is 15.9 Å². The molecule has 2 rings (SSSR count). The summed E-state index contributed by atoms with van der Waals surface area (Å²) in [7, 11) is -3.91. The molecule has 1 aliphatic rings. The molecule has 0 bridgehead atoms. The molecule has 1 aromatic rings. The predicted octanol–water partition coefficient (Wildman–Crippen LogP) is 1.37. The van der Waals surface area contributed by atoms with Gasteiger partial charge in [-0.05, 0) is 40.5 Å². The zero-order valence-electron chi connectivity index (χ0n) is 11.0. The molecule has 0 aliphatic carbocycles. The molecular weight excluding hydrogens is 369 g/mol. The number of benzene rings is 1. The summed E-state index contributed by atoms with van der Waals surface area (Å²) in [6.07, 6.45) is -1.20. The van der Waals surface area contributed by atoms with Crippen molar-refractivity contribution in [2.45, 2.75) is 17.9 Å². The number of hydrogen-bond acceptors (Lipinski definition) is 4. The maximum Gasteiger partial charge on any atom is 0.334 e. The predicted molar refractivity (Wildman–Crippen MR) is 75.0 cm³/mol. The number of halogens is 2. The molecule has 9 heteroatoms. The van der Waals surface area contributed by atoms with Crippen molar-refractivity contribution in [2.24, 2.45) is 0 Å². The van der Waals surface area contributed by atoms with Crippen LogP contribution in [-0.2, 0) is 19.6 Å². The summed E-state index contributed by atoms with van der Waals surface area (Å²) in [5, 5.41) is 8.92. The van der Waals surface area contributed by atoms with Crippen molar-refractivity contribution < 1.29 is 27.4 Å². The number of aliphatic carboxylic acids is 1. The van der Waals surface area contributed by atoms with Crippen LogP contribution in [0.15, 0.2) is 21.5 Å². The number of rotatable bonds is 3. The van der Waals surface area contributed by atoms with Gasteiger partial charge < -0.3 is 9.84 Å². The van der Waals surface area contributed by atoms with E-state index in [2.05, 4.69) is 15.9 Å². The molecule has 1 atom stereocenters. The maximum atomic E-state index is 13.4. The Morgan fingerprint density at radius 2 is 2.19 bits per heavy atom. The smallest absolute Gasteiger partial charge is 0.334 e. The standard InChI is InChI=1S/C12H13BrFNO5S/c1-7-4-9(14)8(13)5-11(7)21(18,19)15-2-3-20-10(6-15)12(16)17/h4-5,10H,2-3,6H2,1H3,(H,16,17). The fraction of sp³-hybridized carbons (Fsp3) is 0.417. The maximum absolute atomic E-state index is 13.4. The number of carboxylic acids is 1. The van der Waals surface area contributed by atoms with Gasteiger partial charge >= 0.3 is 5.97 Å². The molecule has 116 valence electrons. The van der Waals surface area contributed by atoms with Crippen LogP contribution in [0, 0.1) is 12.7 Å². The lowest BCUT2D eigenvalue weighted by Crippen LogP contribution is -2.48. The van der Waals surface area contributed by atoms with E-state index < -0.39 is 27.9 Å². The zero-order valence-corrected chi connectivity index (χ0v) is 13.4. The van der Waals surface area contributed by atoms with Crippen molar-refractivity contribution in [1.82, 2.24) is 4.31 Å². The van der Waals surface area contributed by atoms with Gasteiger partial charge in [0.2, 0.25) is 10.0 Å². The number of carboxylic acid groups (broad SMARTS) is 1. The molecule has 0 spiro atoms. The highest BCUT2D eigenvalue weighted by molar-refractivity contribution is 9.10. The van der Waals surface area contributed by atoms with Crippen molar-refractivity contribution in [2.75, 3.05) is 19.7 Å². The average molecular weight is 382 g/mol. The second-order valence-electron chi connectivity index (χ2n) is 4.59. The van der Waals surface area contributed by atoms with Gasteiger partial charge in [-0.15, -0.1) is 0 Å². The Bertz CT molecular complexity index is 678. The van der Waals surface area contributed by atoms with E-state index in [1.54, 1.807) is 0 Å². The van der Waals surface area contributed by atoms with E-state index in [4.69, 9.17) is 9.84 Å². The summed E-state index contributed by atoms with van der Waals surface area (Å²) in [6, 6.07) is 2.30. The van der Waals surface area contributed by atoms with Crippen LogP contribution in [0.25, 0.3) is 0 Å². The number of hydrogen-bond donors (Lipinski definition) is 1. The highest BCUT2D eigenvalue weighted by atomic mass is 79.9. The number of sulfonamides is 1. The molecule has 1 N–H and O–H groups in total. The van der Waals surface area contributed by atoms with E-state index >= 15 is 0 Å². The molecule has 1 aromatic carbocycles. The monoisotopic (exact) mass is 381 g/mol. The van der Waals surface area contributed by atoms with E-state index in [9.17, 15) is 17.6 Å². The molecule has 0 amide bonds. The van der Waals surface area contributed by atoms with E-state index in [-0.39, 0.29) is 34.6 Å². The Labute approximate surface area is 129 Å². The van der Waals surface area contributed by atoms with Crippen LogP contribution in [0.4, 0.5) is 4.39 Å². The third kappa shape index (κ3) is 3.25. The molecule has 1 unspecified atom stereocenters. The van der Waals surface area contributed by atoms with Crippen molar-refractivity contribution >= 4 is 31.9 Å². The van der Waals surface area contributed by atoms with Crippen molar-refractivity contribution in [1.29, 1.82) is 0 Å². The minimum atomic E-state index is -3.91. The first-order chi connectivity index (χ1) is 9.73. The summed E-state index contributed by atoms with van der Waals surface area (Å²) in [5.41, 5.74) is 0.258. The van der Waals surface area contributed by atoms with Gasteiger partial charge in [-0.3, -0.25) is 0 Å². The molecule has 1 aliphatic heterocycles. The molecule has 21 heavy (non-hydrogen) atoms. The Balaban J connectivity index is 2.38. The molecular formula is C12H13BrFNO5S. The minimum Gasteiger partial charge on any atom is -0.479 e. The highest BCUT2D eigenvalue weighted by Gasteiger charge is 2.35.